The molecule has 13 nitrogen and oxygen atoms in total. The van der Waals surface area contributed by atoms with Crippen molar-refractivity contribution in [2.45, 2.75) is 83.5 Å². The van der Waals surface area contributed by atoms with Gasteiger partial charge >= 0.3 is 39.7 Å². The zero-order valence-electron chi connectivity index (χ0n) is 32.4. The van der Waals surface area contributed by atoms with E-state index in [9.17, 15) is 26.7 Å². The SMILES string of the molecule is CCC(C)(C)c1ccc(OCC(=O)Nc2cc(OS(=O)(=O)CCCOc3ccc(/N=N/c4ccc(S(=O)(=O)O)cc4)cc3)c(C)c(Cl)c2O)c(C(C)(C)CC)c1.[NaH]. The quantitative estimate of drug-likeness (QED) is 0.0218. The number of azo groups is 1. The van der Waals surface area contributed by atoms with Crippen LogP contribution < -0.4 is 19.0 Å². The van der Waals surface area contributed by atoms with Crippen LogP contribution in [-0.4, -0.2) is 80.9 Å². The molecule has 0 aromatic heterocycles. The number of amides is 1. The van der Waals surface area contributed by atoms with E-state index < -0.39 is 37.6 Å². The normalized spacial score (nSPS) is 12.2. The van der Waals surface area contributed by atoms with Crippen molar-refractivity contribution in [3.8, 4) is 23.0 Å². The Hall–Kier alpha value is -3.70. The molecule has 0 heterocycles. The summed E-state index contributed by atoms with van der Waals surface area (Å²) in [6, 6.07) is 18.9. The second-order valence-corrected chi connectivity index (χ2v) is 17.9. The third-order valence-corrected chi connectivity index (χ3v) is 12.2. The van der Waals surface area contributed by atoms with E-state index in [2.05, 4.69) is 63.2 Å². The molecular weight excluding hydrogens is 805 g/mol. The first kappa shape index (κ1) is 47.7. The van der Waals surface area contributed by atoms with Crippen LogP contribution in [0.2, 0.25) is 5.02 Å². The maximum absolute atomic E-state index is 13.1. The third kappa shape index (κ3) is 13.2. The van der Waals surface area contributed by atoms with Crippen LogP contribution in [0.3, 0.4) is 0 Å². The molecule has 4 aromatic rings. The van der Waals surface area contributed by atoms with Crippen LogP contribution >= 0.6 is 11.6 Å². The number of carbonyl (C=O) groups is 1. The van der Waals surface area contributed by atoms with Crippen LogP contribution in [0.25, 0.3) is 0 Å². The summed E-state index contributed by atoms with van der Waals surface area (Å²) >= 11 is 6.33. The Kier molecular flexibility index (Phi) is 16.6. The molecule has 0 unspecified atom stereocenters. The van der Waals surface area contributed by atoms with Crippen molar-refractivity contribution in [2.75, 3.05) is 24.3 Å². The molecule has 0 bridgehead atoms. The van der Waals surface area contributed by atoms with E-state index >= 15 is 0 Å². The van der Waals surface area contributed by atoms with Gasteiger partial charge in [-0.25, -0.2) is 0 Å². The van der Waals surface area contributed by atoms with Gasteiger partial charge < -0.3 is 24.1 Å². The zero-order chi connectivity index (χ0) is 41.5. The van der Waals surface area contributed by atoms with Crippen LogP contribution in [0.5, 0.6) is 23.0 Å². The monoisotopic (exact) mass is 853 g/mol. The molecule has 4 rings (SSSR count). The summed E-state index contributed by atoms with van der Waals surface area (Å²) in [5.74, 6) is -0.602. The first-order valence-corrected chi connectivity index (χ1v) is 21.3. The average Bonchev–Trinajstić information content (AvgIpc) is 3.16. The van der Waals surface area contributed by atoms with Gasteiger partial charge in [-0.05, 0) is 97.2 Å². The molecule has 0 atom stereocenters. The number of rotatable bonds is 18. The Balaban J connectivity index is 0.00000870. The predicted molar refractivity (Wildman–Crippen MR) is 224 cm³/mol. The van der Waals surface area contributed by atoms with Gasteiger partial charge in [0.05, 0.1) is 39.3 Å². The zero-order valence-corrected chi connectivity index (χ0v) is 34.8. The number of carbonyl (C=O) groups excluding carboxylic acids is 1. The summed E-state index contributed by atoms with van der Waals surface area (Å²) in [6.45, 7) is 14.0. The van der Waals surface area contributed by atoms with Crippen molar-refractivity contribution in [1.82, 2.24) is 0 Å². The summed E-state index contributed by atoms with van der Waals surface area (Å²) in [5.41, 5.74) is 2.74. The summed E-state index contributed by atoms with van der Waals surface area (Å²) in [5, 5.41) is 21.2. The van der Waals surface area contributed by atoms with Gasteiger partial charge in [-0.2, -0.15) is 27.1 Å². The summed E-state index contributed by atoms with van der Waals surface area (Å²) in [6.07, 6.45) is 1.86. The van der Waals surface area contributed by atoms with Gasteiger partial charge in [0.25, 0.3) is 16.0 Å². The molecule has 0 aliphatic carbocycles. The topological polar surface area (TPSA) is 190 Å². The maximum atomic E-state index is 13.1. The molecule has 0 saturated carbocycles. The van der Waals surface area contributed by atoms with E-state index in [1.165, 1.54) is 42.8 Å². The Morgan fingerprint density at radius 1 is 0.825 bits per heavy atom. The fourth-order valence-electron chi connectivity index (χ4n) is 5.24. The minimum absolute atomic E-state index is 0. The number of anilines is 1. The van der Waals surface area contributed by atoms with Gasteiger partial charge in [0.1, 0.15) is 17.2 Å². The predicted octanol–water partition coefficient (Wildman–Crippen LogP) is 8.94. The molecule has 57 heavy (non-hydrogen) atoms. The van der Waals surface area contributed by atoms with Crippen molar-refractivity contribution in [2.24, 2.45) is 10.2 Å². The fraction of sp³-hybridized carbons (Fsp3) is 0.375. The number of nitrogens with zero attached hydrogens (tertiary/aromatic N) is 2. The third-order valence-electron chi connectivity index (χ3n) is 9.60. The first-order chi connectivity index (χ1) is 26.2. The van der Waals surface area contributed by atoms with E-state index in [1.807, 2.05) is 12.1 Å². The van der Waals surface area contributed by atoms with Gasteiger partial charge in [-0.15, -0.1) is 0 Å². The summed E-state index contributed by atoms with van der Waals surface area (Å²) < 4.78 is 74.4. The minimum atomic E-state index is -4.31. The van der Waals surface area contributed by atoms with Crippen LogP contribution in [0.1, 0.15) is 77.5 Å². The Bertz CT molecular complexity index is 2280. The Morgan fingerprint density at radius 2 is 1.40 bits per heavy atom. The number of ether oxygens (including phenoxy) is 2. The first-order valence-electron chi connectivity index (χ1n) is 17.9. The van der Waals surface area contributed by atoms with Crippen molar-refractivity contribution < 1.29 is 44.9 Å². The van der Waals surface area contributed by atoms with E-state index in [1.54, 1.807) is 24.3 Å². The molecule has 1 amide bonds. The summed E-state index contributed by atoms with van der Waals surface area (Å²) in [4.78, 5) is 12.8. The fourth-order valence-corrected chi connectivity index (χ4v) is 6.91. The van der Waals surface area contributed by atoms with E-state index in [0.717, 1.165) is 18.4 Å². The second kappa shape index (κ2) is 19.8. The Morgan fingerprint density at radius 3 is 1.96 bits per heavy atom. The molecule has 0 aliphatic heterocycles. The van der Waals surface area contributed by atoms with E-state index in [4.69, 9.17) is 29.8 Å². The molecule has 304 valence electrons. The number of nitrogens with one attached hydrogen (secondary N) is 1. The Labute approximate surface area is 362 Å². The number of phenolic OH excluding ortho intramolecular Hbond substituents is 1. The van der Waals surface area contributed by atoms with Crippen molar-refractivity contribution in [3.05, 3.63) is 94.5 Å². The number of hydrogen-bond donors (Lipinski definition) is 3. The molecule has 0 fully saturated rings. The number of benzene rings is 4. The standard InChI is InChI=1S/C40H48ClN3O10S2.Na.H/c1-8-39(4,5)27-11-20-34(32(23-27)40(6,7)9-2)53-25-36(45)42-33-24-35(26(3)37(41)38(33)46)54-55(47,48)22-10-21-52-30-16-12-28(13-17-30)43-44-29-14-18-31(19-15-29)56(49,50)51;;/h11-20,23-24,46H,8-10,21-22,25H2,1-7H3,(H,42,45)(H,49,50,51);;/b44-43+;;. The van der Waals surface area contributed by atoms with Gasteiger partial charge in [-0.1, -0.05) is 65.3 Å². The molecule has 0 spiro atoms. The van der Waals surface area contributed by atoms with Gasteiger partial charge in [0.15, 0.2) is 12.4 Å². The van der Waals surface area contributed by atoms with Gasteiger partial charge in [0.2, 0.25) is 0 Å². The van der Waals surface area contributed by atoms with Crippen LogP contribution in [-0.2, 0) is 35.9 Å². The van der Waals surface area contributed by atoms with Crippen LogP contribution in [0.4, 0.5) is 17.1 Å². The van der Waals surface area contributed by atoms with Crippen LogP contribution in [0, 0.1) is 6.92 Å². The summed E-state index contributed by atoms with van der Waals surface area (Å²) in [7, 11) is -8.46. The molecule has 17 heteroatoms. The van der Waals surface area contributed by atoms with Crippen molar-refractivity contribution >= 4 is 84.4 Å². The molecule has 4 aromatic carbocycles. The van der Waals surface area contributed by atoms with Gasteiger partial charge in [0, 0.05) is 17.2 Å². The molecule has 0 radical (unpaired) electrons. The van der Waals surface area contributed by atoms with Crippen molar-refractivity contribution in [1.29, 1.82) is 0 Å². The van der Waals surface area contributed by atoms with E-state index in [-0.39, 0.29) is 86.9 Å². The molecule has 0 aliphatic rings. The molecular formula is C40H49ClN3NaO10S2. The molecule has 0 saturated heterocycles. The number of halogens is 1. The van der Waals surface area contributed by atoms with E-state index in [0.29, 0.717) is 22.9 Å². The number of hydrogen-bond acceptors (Lipinski definition) is 11. The van der Waals surface area contributed by atoms with Crippen LogP contribution in [0.15, 0.2) is 87.9 Å². The molecule has 3 N–H and O–H groups in total. The van der Waals surface area contributed by atoms with Crippen molar-refractivity contribution in [3.63, 3.8) is 0 Å². The number of aromatic hydroxyl groups is 1. The average molecular weight is 854 g/mol. The van der Waals surface area contributed by atoms with Gasteiger partial charge in [-0.3, -0.25) is 9.35 Å². The second-order valence-electron chi connectivity index (χ2n) is 14.4. The number of phenols is 1.